The van der Waals surface area contributed by atoms with E-state index in [0.717, 1.165) is 16.8 Å². The zero-order valence-electron chi connectivity index (χ0n) is 14.9. The monoisotopic (exact) mass is 338 g/mol. The highest BCUT2D eigenvalue weighted by molar-refractivity contribution is 6.03. The van der Waals surface area contributed by atoms with Crippen LogP contribution in [0.5, 0.6) is 11.5 Å². The number of hydrogen-bond acceptors (Lipinski definition) is 4. The van der Waals surface area contributed by atoms with E-state index < -0.39 is 0 Å². The van der Waals surface area contributed by atoms with E-state index in [9.17, 15) is 4.79 Å². The lowest BCUT2D eigenvalue weighted by Crippen LogP contribution is -2.24. The van der Waals surface area contributed by atoms with Gasteiger partial charge in [-0.2, -0.15) is 5.10 Å². The third-order valence-electron chi connectivity index (χ3n) is 4.41. The predicted octanol–water partition coefficient (Wildman–Crippen LogP) is 3.71. The summed E-state index contributed by atoms with van der Waals surface area (Å²) in [7, 11) is 3.21. The molecular weight excluding hydrogens is 316 g/mol. The van der Waals surface area contributed by atoms with Crippen LogP contribution in [-0.4, -0.2) is 30.8 Å². The molecule has 2 aromatic carbocycles. The average molecular weight is 338 g/mol. The Morgan fingerprint density at radius 2 is 1.84 bits per heavy atom. The molecule has 1 atom stereocenters. The summed E-state index contributed by atoms with van der Waals surface area (Å²) in [6.45, 7) is 3.58. The van der Waals surface area contributed by atoms with Gasteiger partial charge >= 0.3 is 0 Å². The molecule has 0 radical (unpaired) electrons. The largest absolute Gasteiger partial charge is 0.493 e. The number of amides is 1. The number of carbonyl (C=O) groups is 1. The minimum Gasteiger partial charge on any atom is -0.493 e. The molecule has 0 aliphatic carbocycles. The lowest BCUT2D eigenvalue weighted by atomic mass is 9.97. The Kier molecular flexibility index (Phi) is 4.74. The maximum absolute atomic E-state index is 12.2. The Morgan fingerprint density at radius 3 is 2.44 bits per heavy atom. The van der Waals surface area contributed by atoms with Gasteiger partial charge in [-0.1, -0.05) is 42.0 Å². The van der Waals surface area contributed by atoms with Crippen LogP contribution in [0, 0.1) is 6.92 Å². The fourth-order valence-corrected chi connectivity index (χ4v) is 3.14. The number of benzene rings is 2. The fraction of sp³-hybridized carbons (Fsp3) is 0.300. The molecule has 0 saturated heterocycles. The summed E-state index contributed by atoms with van der Waals surface area (Å²) in [5.41, 5.74) is 4.01. The Hall–Kier alpha value is -2.82. The first-order valence-electron chi connectivity index (χ1n) is 8.20. The van der Waals surface area contributed by atoms with Gasteiger partial charge in [-0.05, 0) is 18.6 Å². The number of carbonyl (C=O) groups excluding carboxylic acids is 1. The molecule has 0 spiro atoms. The Morgan fingerprint density at radius 1 is 1.12 bits per heavy atom. The smallest absolute Gasteiger partial charge is 0.240 e. The molecule has 1 unspecified atom stereocenters. The van der Waals surface area contributed by atoms with Gasteiger partial charge < -0.3 is 9.47 Å². The van der Waals surface area contributed by atoms with Crippen LogP contribution in [0.4, 0.5) is 0 Å². The van der Waals surface area contributed by atoms with Gasteiger partial charge in [0.05, 0.1) is 26.0 Å². The molecule has 0 aromatic heterocycles. The summed E-state index contributed by atoms with van der Waals surface area (Å²) in [6, 6.07) is 13.7. The van der Waals surface area contributed by atoms with E-state index in [2.05, 4.69) is 17.2 Å². The predicted molar refractivity (Wildman–Crippen MR) is 97.1 cm³/mol. The van der Waals surface area contributed by atoms with Crippen LogP contribution in [0.15, 0.2) is 47.6 Å². The van der Waals surface area contributed by atoms with Gasteiger partial charge in [0.2, 0.25) is 5.91 Å². The summed E-state index contributed by atoms with van der Waals surface area (Å²) in [5.74, 6) is 1.19. The highest BCUT2D eigenvalue weighted by atomic mass is 16.5. The third-order valence-corrected chi connectivity index (χ3v) is 4.41. The normalized spacial score (nSPS) is 16.6. The minimum atomic E-state index is -0.209. The van der Waals surface area contributed by atoms with Crippen molar-refractivity contribution in [2.45, 2.75) is 26.3 Å². The van der Waals surface area contributed by atoms with Gasteiger partial charge in [0.25, 0.3) is 0 Å². The van der Waals surface area contributed by atoms with Gasteiger partial charge in [0.1, 0.15) is 0 Å². The maximum Gasteiger partial charge on any atom is 0.240 e. The van der Waals surface area contributed by atoms with E-state index in [0.29, 0.717) is 17.9 Å². The third kappa shape index (κ3) is 3.22. The Bertz CT molecular complexity index is 812. The highest BCUT2D eigenvalue weighted by Crippen LogP contribution is 2.41. The van der Waals surface area contributed by atoms with Crippen LogP contribution in [0.1, 0.15) is 36.1 Å². The van der Waals surface area contributed by atoms with Crippen LogP contribution < -0.4 is 9.47 Å². The first-order valence-corrected chi connectivity index (χ1v) is 8.20. The van der Waals surface area contributed by atoms with E-state index in [1.54, 1.807) is 14.2 Å². The second-order valence-corrected chi connectivity index (χ2v) is 6.08. The van der Waals surface area contributed by atoms with Crippen molar-refractivity contribution in [2.24, 2.45) is 5.10 Å². The first-order chi connectivity index (χ1) is 12.0. The van der Waals surface area contributed by atoms with Crippen LogP contribution in [0.2, 0.25) is 0 Å². The van der Waals surface area contributed by atoms with Crippen molar-refractivity contribution in [1.82, 2.24) is 5.01 Å². The SMILES string of the molecule is COc1cccc(C2CC(c3ccc(C)cc3)=NN2C(C)=O)c1OC. The topological polar surface area (TPSA) is 51.1 Å². The van der Waals surface area contributed by atoms with Crippen molar-refractivity contribution >= 4 is 11.6 Å². The van der Waals surface area contributed by atoms with Gasteiger partial charge in [-0.25, -0.2) is 5.01 Å². The van der Waals surface area contributed by atoms with E-state index >= 15 is 0 Å². The standard InChI is InChI=1S/C20H22N2O3/c1-13-8-10-15(11-9-13)17-12-18(22(21-17)14(2)23)16-6-5-7-19(24-3)20(16)25-4/h5-11,18H,12H2,1-4H3. The lowest BCUT2D eigenvalue weighted by molar-refractivity contribution is -0.130. The molecule has 2 aromatic rings. The van der Waals surface area contributed by atoms with E-state index in [1.165, 1.54) is 17.5 Å². The van der Waals surface area contributed by atoms with Crippen LogP contribution in [-0.2, 0) is 4.79 Å². The average Bonchev–Trinajstić information content (AvgIpc) is 3.07. The first kappa shape index (κ1) is 17.0. The number of nitrogens with zero attached hydrogens (tertiary/aromatic N) is 2. The zero-order chi connectivity index (χ0) is 18.0. The molecule has 0 bridgehead atoms. The maximum atomic E-state index is 12.2. The second-order valence-electron chi connectivity index (χ2n) is 6.08. The molecule has 25 heavy (non-hydrogen) atoms. The van der Waals surface area contributed by atoms with E-state index in [4.69, 9.17) is 9.47 Å². The quantitative estimate of drug-likeness (QED) is 0.854. The number of rotatable bonds is 4. The lowest BCUT2D eigenvalue weighted by Gasteiger charge is -2.23. The Labute approximate surface area is 147 Å². The Balaban J connectivity index is 2.01. The molecule has 1 aliphatic rings. The second kappa shape index (κ2) is 6.97. The summed E-state index contributed by atoms with van der Waals surface area (Å²) in [4.78, 5) is 12.2. The van der Waals surface area contributed by atoms with Crippen molar-refractivity contribution in [3.63, 3.8) is 0 Å². The van der Waals surface area contributed by atoms with Crippen molar-refractivity contribution < 1.29 is 14.3 Å². The number of aryl methyl sites for hydroxylation is 1. The summed E-state index contributed by atoms with van der Waals surface area (Å²) >= 11 is 0. The number of para-hydroxylation sites is 1. The van der Waals surface area contributed by atoms with Crippen molar-refractivity contribution in [2.75, 3.05) is 14.2 Å². The molecule has 5 nitrogen and oxygen atoms in total. The molecule has 3 rings (SSSR count). The number of hydrogen-bond donors (Lipinski definition) is 0. The van der Waals surface area contributed by atoms with Crippen molar-refractivity contribution in [3.05, 3.63) is 59.2 Å². The van der Waals surface area contributed by atoms with Crippen LogP contribution in [0.25, 0.3) is 0 Å². The molecule has 130 valence electrons. The molecule has 1 heterocycles. The highest BCUT2D eigenvalue weighted by Gasteiger charge is 2.34. The molecule has 1 aliphatic heterocycles. The van der Waals surface area contributed by atoms with Gasteiger partial charge in [0.15, 0.2) is 11.5 Å². The zero-order valence-corrected chi connectivity index (χ0v) is 14.9. The summed E-state index contributed by atoms with van der Waals surface area (Å²) in [5, 5.41) is 6.11. The summed E-state index contributed by atoms with van der Waals surface area (Å²) in [6.07, 6.45) is 0.631. The van der Waals surface area contributed by atoms with Crippen molar-refractivity contribution in [3.8, 4) is 11.5 Å². The van der Waals surface area contributed by atoms with E-state index in [-0.39, 0.29) is 11.9 Å². The molecule has 0 fully saturated rings. The minimum absolute atomic E-state index is 0.100. The molecule has 0 saturated carbocycles. The van der Waals surface area contributed by atoms with Gasteiger partial charge in [-0.15, -0.1) is 0 Å². The van der Waals surface area contributed by atoms with Gasteiger partial charge in [0, 0.05) is 18.9 Å². The van der Waals surface area contributed by atoms with Crippen LogP contribution >= 0.6 is 0 Å². The molecular formula is C20H22N2O3. The summed E-state index contributed by atoms with van der Waals surface area (Å²) < 4.78 is 10.9. The molecule has 5 heteroatoms. The number of ether oxygens (including phenoxy) is 2. The fourth-order valence-electron chi connectivity index (χ4n) is 3.14. The molecule has 1 amide bonds. The van der Waals surface area contributed by atoms with Crippen molar-refractivity contribution in [1.29, 1.82) is 0 Å². The van der Waals surface area contributed by atoms with E-state index in [1.807, 2.05) is 37.3 Å². The number of hydrazone groups is 1. The van der Waals surface area contributed by atoms with Gasteiger partial charge in [-0.3, -0.25) is 4.79 Å². The van der Waals surface area contributed by atoms with Crippen LogP contribution in [0.3, 0.4) is 0 Å². The molecule has 0 N–H and O–H groups in total. The number of methoxy groups -OCH3 is 2.